The lowest BCUT2D eigenvalue weighted by molar-refractivity contribution is -0.160. The first kappa shape index (κ1) is 17.1. The van der Waals surface area contributed by atoms with Crippen LogP contribution in [-0.2, 0) is 23.7 Å². The number of nitrogens with one attached hydrogen (secondary N) is 1. The second-order valence-corrected chi connectivity index (χ2v) is 6.89. The Hall–Kier alpha value is -0.690. The Labute approximate surface area is 138 Å². The van der Waals surface area contributed by atoms with Crippen molar-refractivity contribution in [1.82, 2.24) is 5.32 Å². The third-order valence-electron chi connectivity index (χ3n) is 5.54. The zero-order valence-corrected chi connectivity index (χ0v) is 14.2. The van der Waals surface area contributed by atoms with Crippen molar-refractivity contribution >= 4 is 5.91 Å². The first-order valence-electron chi connectivity index (χ1n) is 8.80. The van der Waals surface area contributed by atoms with Gasteiger partial charge in [0.1, 0.15) is 0 Å². The van der Waals surface area contributed by atoms with E-state index in [2.05, 4.69) is 5.32 Å². The van der Waals surface area contributed by atoms with Gasteiger partial charge in [0.2, 0.25) is 5.91 Å². The Kier molecular flexibility index (Phi) is 5.91. The number of hydrogen-bond donors (Lipinski definition) is 1. The van der Waals surface area contributed by atoms with Crippen molar-refractivity contribution in [2.45, 2.75) is 69.0 Å². The number of rotatable bonds is 4. The van der Waals surface area contributed by atoms with Crippen LogP contribution in [0.2, 0.25) is 0 Å². The maximum atomic E-state index is 12.7. The molecule has 23 heavy (non-hydrogen) atoms. The highest BCUT2D eigenvalue weighted by Crippen LogP contribution is 2.30. The molecule has 3 aliphatic rings. The molecule has 0 bridgehead atoms. The molecule has 132 valence electrons. The van der Waals surface area contributed by atoms with E-state index in [1.54, 1.807) is 14.2 Å². The summed E-state index contributed by atoms with van der Waals surface area (Å²) in [5.74, 6) is 0.0410. The van der Waals surface area contributed by atoms with Gasteiger partial charge < -0.3 is 24.3 Å². The van der Waals surface area contributed by atoms with E-state index in [0.717, 1.165) is 38.5 Å². The predicted octanol–water partition coefficient (Wildman–Crippen LogP) is 1.27. The topological polar surface area (TPSA) is 66.0 Å². The van der Waals surface area contributed by atoms with Crippen LogP contribution in [0.4, 0.5) is 0 Å². The van der Waals surface area contributed by atoms with E-state index < -0.39 is 0 Å². The summed E-state index contributed by atoms with van der Waals surface area (Å²) in [4.78, 5) is 12.7. The fraction of sp³-hybridized carbons (Fsp3) is 0.941. The molecule has 0 aromatic rings. The highest BCUT2D eigenvalue weighted by molar-refractivity contribution is 5.79. The van der Waals surface area contributed by atoms with Gasteiger partial charge in [0.15, 0.2) is 0 Å². The van der Waals surface area contributed by atoms with Gasteiger partial charge in [0.25, 0.3) is 0 Å². The molecule has 6 atom stereocenters. The molecule has 3 fully saturated rings. The van der Waals surface area contributed by atoms with E-state index in [0.29, 0.717) is 13.2 Å². The Balaban J connectivity index is 1.52. The van der Waals surface area contributed by atoms with Crippen LogP contribution in [0.1, 0.15) is 38.5 Å². The Morgan fingerprint density at radius 1 is 0.957 bits per heavy atom. The molecule has 1 heterocycles. The maximum absolute atomic E-state index is 12.7. The minimum Gasteiger partial charge on any atom is -0.381 e. The van der Waals surface area contributed by atoms with E-state index in [1.165, 1.54) is 0 Å². The van der Waals surface area contributed by atoms with Crippen molar-refractivity contribution in [2.24, 2.45) is 5.92 Å². The van der Waals surface area contributed by atoms with Crippen LogP contribution in [0, 0.1) is 5.92 Å². The van der Waals surface area contributed by atoms with Gasteiger partial charge in [0.05, 0.1) is 43.5 Å². The van der Waals surface area contributed by atoms with Crippen LogP contribution in [0.5, 0.6) is 0 Å². The molecule has 2 saturated carbocycles. The molecular formula is C17H29NO5. The van der Waals surface area contributed by atoms with Crippen molar-refractivity contribution in [3.05, 3.63) is 0 Å². The quantitative estimate of drug-likeness (QED) is 0.842. The lowest BCUT2D eigenvalue weighted by atomic mass is 9.83. The summed E-state index contributed by atoms with van der Waals surface area (Å²) >= 11 is 0. The molecule has 0 aromatic carbocycles. The molecule has 1 N–H and O–H groups in total. The fourth-order valence-corrected chi connectivity index (χ4v) is 4.17. The molecule has 0 radical (unpaired) electrons. The normalized spacial score (nSPS) is 41.1. The van der Waals surface area contributed by atoms with Crippen LogP contribution in [0.25, 0.3) is 0 Å². The summed E-state index contributed by atoms with van der Waals surface area (Å²) in [7, 11) is 3.41. The minimum absolute atomic E-state index is 0.0562. The monoisotopic (exact) mass is 327 g/mol. The molecule has 1 aliphatic heterocycles. The number of amides is 1. The second kappa shape index (κ2) is 7.92. The van der Waals surface area contributed by atoms with Crippen LogP contribution >= 0.6 is 0 Å². The van der Waals surface area contributed by atoms with Crippen LogP contribution in [0.3, 0.4) is 0 Å². The molecule has 0 aromatic heterocycles. The van der Waals surface area contributed by atoms with E-state index >= 15 is 0 Å². The van der Waals surface area contributed by atoms with Crippen LogP contribution in [-0.4, -0.2) is 63.8 Å². The zero-order chi connectivity index (χ0) is 16.2. The third-order valence-corrected chi connectivity index (χ3v) is 5.54. The van der Waals surface area contributed by atoms with Crippen LogP contribution < -0.4 is 5.32 Å². The smallest absolute Gasteiger partial charge is 0.225 e. The van der Waals surface area contributed by atoms with Gasteiger partial charge in [-0.05, 0) is 32.1 Å². The minimum atomic E-state index is -0.0763. The van der Waals surface area contributed by atoms with E-state index in [1.807, 2.05) is 0 Å². The fourth-order valence-electron chi connectivity index (χ4n) is 4.17. The molecule has 6 unspecified atom stereocenters. The number of ether oxygens (including phenoxy) is 4. The summed E-state index contributed by atoms with van der Waals surface area (Å²) in [5, 5.41) is 3.22. The third kappa shape index (κ3) is 4.05. The second-order valence-electron chi connectivity index (χ2n) is 6.89. The SMILES string of the molecule is COC1CCC(C(=O)NC2CCC3OCCOC3C2)C(OC)C1. The van der Waals surface area contributed by atoms with Gasteiger partial charge in [0, 0.05) is 26.7 Å². The first-order valence-corrected chi connectivity index (χ1v) is 8.80. The average molecular weight is 327 g/mol. The van der Waals surface area contributed by atoms with Gasteiger partial charge in [-0.15, -0.1) is 0 Å². The highest BCUT2D eigenvalue weighted by Gasteiger charge is 2.38. The van der Waals surface area contributed by atoms with E-state index in [-0.39, 0.29) is 42.3 Å². The molecule has 3 rings (SSSR count). The first-order chi connectivity index (χ1) is 11.2. The predicted molar refractivity (Wildman–Crippen MR) is 84.2 cm³/mol. The zero-order valence-electron chi connectivity index (χ0n) is 14.2. The largest absolute Gasteiger partial charge is 0.381 e. The Morgan fingerprint density at radius 2 is 1.74 bits per heavy atom. The Bertz CT molecular complexity index is 404. The lowest BCUT2D eigenvalue weighted by Crippen LogP contribution is -2.52. The van der Waals surface area contributed by atoms with Gasteiger partial charge in [-0.1, -0.05) is 0 Å². The summed E-state index contributed by atoms with van der Waals surface area (Å²) < 4.78 is 22.5. The standard InChI is InChI=1S/C17H29NO5/c1-20-12-4-5-13(15(10-12)21-2)17(19)18-11-3-6-14-16(9-11)23-8-7-22-14/h11-16H,3-10H2,1-2H3,(H,18,19). The van der Waals surface area contributed by atoms with Crippen molar-refractivity contribution in [2.75, 3.05) is 27.4 Å². The lowest BCUT2D eigenvalue weighted by Gasteiger charge is -2.40. The van der Waals surface area contributed by atoms with E-state index in [4.69, 9.17) is 18.9 Å². The molecule has 2 aliphatic carbocycles. The summed E-state index contributed by atoms with van der Waals surface area (Å²) in [6.07, 6.45) is 5.78. The van der Waals surface area contributed by atoms with Gasteiger partial charge >= 0.3 is 0 Å². The number of carbonyl (C=O) groups excluding carboxylic acids is 1. The Morgan fingerprint density at radius 3 is 2.48 bits per heavy atom. The van der Waals surface area contributed by atoms with Crippen LogP contribution in [0.15, 0.2) is 0 Å². The van der Waals surface area contributed by atoms with Crippen molar-refractivity contribution < 1.29 is 23.7 Å². The van der Waals surface area contributed by atoms with Gasteiger partial charge in [-0.25, -0.2) is 0 Å². The average Bonchev–Trinajstić information content (AvgIpc) is 2.60. The summed E-state index contributed by atoms with van der Waals surface area (Å²) in [6.45, 7) is 1.35. The molecule has 6 heteroatoms. The van der Waals surface area contributed by atoms with Crippen molar-refractivity contribution in [1.29, 1.82) is 0 Å². The summed E-state index contributed by atoms with van der Waals surface area (Å²) in [5.41, 5.74) is 0. The van der Waals surface area contributed by atoms with E-state index in [9.17, 15) is 4.79 Å². The number of carbonyl (C=O) groups is 1. The molecule has 1 saturated heterocycles. The van der Waals surface area contributed by atoms with Gasteiger partial charge in [-0.3, -0.25) is 4.79 Å². The van der Waals surface area contributed by atoms with Crippen molar-refractivity contribution in [3.63, 3.8) is 0 Å². The highest BCUT2D eigenvalue weighted by atomic mass is 16.6. The number of hydrogen-bond acceptors (Lipinski definition) is 5. The number of methoxy groups -OCH3 is 2. The molecule has 1 amide bonds. The molecule has 6 nitrogen and oxygen atoms in total. The number of fused-ring (bicyclic) bond motifs is 1. The summed E-state index contributed by atoms with van der Waals surface area (Å²) in [6, 6.07) is 0.183. The molecular weight excluding hydrogens is 298 g/mol. The van der Waals surface area contributed by atoms with Gasteiger partial charge in [-0.2, -0.15) is 0 Å². The molecule has 0 spiro atoms. The van der Waals surface area contributed by atoms with Crippen molar-refractivity contribution in [3.8, 4) is 0 Å². The maximum Gasteiger partial charge on any atom is 0.225 e.